The monoisotopic (exact) mass is 1290 g/mol. The van der Waals surface area contributed by atoms with Crippen molar-refractivity contribution in [2.24, 2.45) is 5.73 Å². The number of hydrogen-bond acceptors (Lipinski definition) is 8. The van der Waals surface area contributed by atoms with Crippen LogP contribution >= 0.6 is 7.82 Å². The van der Waals surface area contributed by atoms with Crippen molar-refractivity contribution in [1.29, 1.82) is 0 Å². The third-order valence-electron chi connectivity index (χ3n) is 17.0. The van der Waals surface area contributed by atoms with E-state index >= 15 is 0 Å². The molecule has 2 unspecified atom stereocenters. The van der Waals surface area contributed by atoms with Gasteiger partial charge in [0.1, 0.15) is 6.61 Å². The van der Waals surface area contributed by atoms with Crippen LogP contribution in [0.4, 0.5) is 0 Å². The number of rotatable bonds is 73. The van der Waals surface area contributed by atoms with Crippen LogP contribution < -0.4 is 5.73 Å². The van der Waals surface area contributed by atoms with Crippen molar-refractivity contribution < 1.29 is 37.6 Å². The third kappa shape index (κ3) is 75.8. The molecule has 10 heteroatoms. The van der Waals surface area contributed by atoms with E-state index in [-0.39, 0.29) is 38.6 Å². The van der Waals surface area contributed by atoms with Gasteiger partial charge in [-0.1, -0.05) is 361 Å². The van der Waals surface area contributed by atoms with E-state index < -0.39 is 26.5 Å². The van der Waals surface area contributed by atoms with Crippen molar-refractivity contribution in [3.05, 3.63) is 97.2 Å². The molecule has 0 amide bonds. The molecule has 2 atom stereocenters. The maximum Gasteiger partial charge on any atom is 0.472 e. The van der Waals surface area contributed by atoms with Gasteiger partial charge in [0.25, 0.3) is 0 Å². The van der Waals surface area contributed by atoms with Crippen molar-refractivity contribution in [2.75, 3.05) is 26.4 Å². The van der Waals surface area contributed by atoms with Gasteiger partial charge in [0.2, 0.25) is 0 Å². The van der Waals surface area contributed by atoms with Crippen LogP contribution in [-0.4, -0.2) is 49.3 Å². The number of nitrogens with two attached hydrogens (primary N) is 1. The molecule has 0 saturated heterocycles. The summed E-state index contributed by atoms with van der Waals surface area (Å²) in [7, 11) is -4.40. The molecule has 0 aromatic heterocycles. The Hall–Kier alpha value is -3.07. The van der Waals surface area contributed by atoms with Gasteiger partial charge in [-0.05, 0) is 96.3 Å². The molecule has 0 aliphatic carbocycles. The number of phosphoric acid groups is 1. The molecule has 0 aromatic carbocycles. The van der Waals surface area contributed by atoms with Gasteiger partial charge in [-0.15, -0.1) is 0 Å². The van der Waals surface area contributed by atoms with Gasteiger partial charge >= 0.3 is 19.8 Å². The number of esters is 2. The minimum absolute atomic E-state index is 0.0533. The Morgan fingerprint density at radius 3 is 0.901 bits per heavy atom. The first-order valence-corrected chi connectivity index (χ1v) is 40.2. The molecule has 0 aliphatic heterocycles. The van der Waals surface area contributed by atoms with Gasteiger partial charge in [0, 0.05) is 19.4 Å². The molecule has 0 bridgehead atoms. The van der Waals surface area contributed by atoms with E-state index in [1.54, 1.807) is 0 Å². The molecular weight excluding hydrogens is 1150 g/mol. The lowest BCUT2D eigenvalue weighted by Gasteiger charge is -2.19. The minimum Gasteiger partial charge on any atom is -0.462 e. The third-order valence-corrected chi connectivity index (χ3v) is 17.9. The minimum atomic E-state index is -4.40. The van der Waals surface area contributed by atoms with Gasteiger partial charge in [-0.25, -0.2) is 4.57 Å². The van der Waals surface area contributed by atoms with Gasteiger partial charge in [0.05, 0.1) is 13.2 Å². The number of ether oxygens (including phenoxy) is 2. The highest BCUT2D eigenvalue weighted by atomic mass is 31.2. The number of carbonyl (C=O) groups excluding carboxylic acids is 2. The molecule has 528 valence electrons. The van der Waals surface area contributed by atoms with Crippen molar-refractivity contribution in [3.8, 4) is 0 Å². The topological polar surface area (TPSA) is 134 Å². The molecular formula is C81H146NO8P. The van der Waals surface area contributed by atoms with E-state index in [0.717, 1.165) is 77.0 Å². The fourth-order valence-corrected chi connectivity index (χ4v) is 12.0. The SMILES string of the molecule is CC/C=C\C/C=C\C/C=C\C/C=C\C/C=C\C/C=C\CCCCCCCCCCCCCCCCCCCCCCC(=O)OC(COC(=O)CCCCCCCCCCCCCCCCCCCCC/C=C\C/C=C\CCCCCCC)COP(=O)(O)OCCN. The van der Waals surface area contributed by atoms with Crippen molar-refractivity contribution >= 4 is 19.8 Å². The van der Waals surface area contributed by atoms with Gasteiger partial charge in [0.15, 0.2) is 6.10 Å². The van der Waals surface area contributed by atoms with E-state index in [0.29, 0.717) is 6.42 Å². The van der Waals surface area contributed by atoms with Crippen molar-refractivity contribution in [3.63, 3.8) is 0 Å². The Kier molecular flexibility index (Phi) is 73.4. The maximum atomic E-state index is 12.8. The second-order valence-electron chi connectivity index (χ2n) is 25.8. The second kappa shape index (κ2) is 76.0. The molecule has 0 fully saturated rings. The standard InChI is InChI=1S/C81H146NO8P/c1-3-5-7-9-11-13-15-17-19-21-23-25-27-29-31-33-35-36-37-38-39-40-41-42-44-46-48-50-52-54-56-58-60-62-64-66-68-70-72-74-81(84)90-79(78-89-91(85,86)88-76-75-82)77-87-80(83)73-71-69-67-65-63-61-59-57-55-53-51-49-47-45-43-34-32-30-28-26-24-22-20-18-16-14-12-10-8-6-4-2/h5,7,11,13,16-19,22-25,29,31,35-36,79H,3-4,6,8-10,12,14-15,20-21,26-28,30,32-34,37-78,82H2,1-2H3,(H,85,86)/b7-5-,13-11-,18-16-,19-17-,24-22-,25-23-,31-29-,36-35-. The first kappa shape index (κ1) is 87.9. The highest BCUT2D eigenvalue weighted by Crippen LogP contribution is 2.43. The van der Waals surface area contributed by atoms with Gasteiger partial charge < -0.3 is 20.1 Å². The average molecular weight is 1290 g/mol. The van der Waals surface area contributed by atoms with Crippen LogP contribution in [0.3, 0.4) is 0 Å². The normalized spacial score (nSPS) is 13.4. The fourth-order valence-electron chi connectivity index (χ4n) is 11.3. The summed E-state index contributed by atoms with van der Waals surface area (Å²) < 4.78 is 33.3. The van der Waals surface area contributed by atoms with Crippen LogP contribution in [0.15, 0.2) is 97.2 Å². The second-order valence-corrected chi connectivity index (χ2v) is 27.3. The average Bonchev–Trinajstić information content (AvgIpc) is 3.71. The number of phosphoric ester groups is 1. The Bertz CT molecular complexity index is 1820. The summed E-state index contributed by atoms with van der Waals surface area (Å²) in [5.41, 5.74) is 5.41. The zero-order valence-corrected chi connectivity index (χ0v) is 60.5. The Morgan fingerprint density at radius 1 is 0.341 bits per heavy atom. The quantitative estimate of drug-likeness (QED) is 0.0264. The smallest absolute Gasteiger partial charge is 0.462 e. The summed E-state index contributed by atoms with van der Waals surface area (Å²) in [4.78, 5) is 35.4. The summed E-state index contributed by atoms with van der Waals surface area (Å²) in [6.07, 6.45) is 104. The van der Waals surface area contributed by atoms with E-state index in [1.165, 1.54) is 263 Å². The lowest BCUT2D eigenvalue weighted by molar-refractivity contribution is -0.161. The number of unbranched alkanes of at least 4 members (excludes halogenated alkanes) is 44. The van der Waals surface area contributed by atoms with Crippen LogP contribution in [0.2, 0.25) is 0 Å². The van der Waals surface area contributed by atoms with Crippen molar-refractivity contribution in [1.82, 2.24) is 0 Å². The molecule has 0 radical (unpaired) electrons. The lowest BCUT2D eigenvalue weighted by Crippen LogP contribution is -2.29. The number of carbonyl (C=O) groups is 2. The summed E-state index contributed by atoms with van der Waals surface area (Å²) in [5.74, 6) is -0.810. The summed E-state index contributed by atoms with van der Waals surface area (Å²) in [6.45, 7) is 3.68. The molecule has 9 nitrogen and oxygen atoms in total. The number of hydrogen-bond donors (Lipinski definition) is 2. The van der Waals surface area contributed by atoms with Crippen LogP contribution in [0, 0.1) is 0 Å². The summed E-state index contributed by atoms with van der Waals surface area (Å²) in [6, 6.07) is 0. The van der Waals surface area contributed by atoms with E-state index in [2.05, 4.69) is 111 Å². The molecule has 0 heterocycles. The predicted molar refractivity (Wildman–Crippen MR) is 395 cm³/mol. The molecule has 0 spiro atoms. The zero-order valence-electron chi connectivity index (χ0n) is 59.6. The largest absolute Gasteiger partial charge is 0.472 e. The summed E-state index contributed by atoms with van der Waals surface area (Å²) >= 11 is 0. The Morgan fingerprint density at radius 2 is 0.604 bits per heavy atom. The highest BCUT2D eigenvalue weighted by molar-refractivity contribution is 7.47. The first-order chi connectivity index (χ1) is 44.8. The van der Waals surface area contributed by atoms with Crippen LogP contribution in [0.5, 0.6) is 0 Å². The Labute approximate surface area is 563 Å². The molecule has 91 heavy (non-hydrogen) atoms. The van der Waals surface area contributed by atoms with Crippen LogP contribution in [0.25, 0.3) is 0 Å². The lowest BCUT2D eigenvalue weighted by atomic mass is 10.0. The first-order valence-electron chi connectivity index (χ1n) is 38.7. The molecule has 0 aliphatic rings. The molecule has 3 N–H and O–H groups in total. The molecule has 0 saturated carbocycles. The van der Waals surface area contributed by atoms with Crippen LogP contribution in [0.1, 0.15) is 373 Å². The van der Waals surface area contributed by atoms with Gasteiger partial charge in [-0.3, -0.25) is 18.6 Å². The van der Waals surface area contributed by atoms with Crippen LogP contribution in [-0.2, 0) is 32.7 Å². The van der Waals surface area contributed by atoms with Gasteiger partial charge in [-0.2, -0.15) is 0 Å². The molecule has 0 aromatic rings. The summed E-state index contributed by atoms with van der Waals surface area (Å²) in [5, 5.41) is 0. The van der Waals surface area contributed by atoms with E-state index in [1.807, 2.05) is 0 Å². The fraction of sp³-hybridized carbons (Fsp3) is 0.778. The number of allylic oxidation sites excluding steroid dienone is 16. The van der Waals surface area contributed by atoms with E-state index in [9.17, 15) is 19.0 Å². The molecule has 0 rings (SSSR count). The zero-order chi connectivity index (χ0) is 65.8. The van der Waals surface area contributed by atoms with Crippen molar-refractivity contribution in [2.45, 2.75) is 380 Å². The predicted octanol–water partition coefficient (Wildman–Crippen LogP) is 25.9. The maximum absolute atomic E-state index is 12.8. The Balaban J connectivity index is 3.80. The van der Waals surface area contributed by atoms with E-state index in [4.69, 9.17) is 24.3 Å². The highest BCUT2D eigenvalue weighted by Gasteiger charge is 2.26.